The van der Waals surface area contributed by atoms with Crippen LogP contribution in [0.5, 0.6) is 5.75 Å². The number of nitrogens with one attached hydrogen (secondary N) is 1. The number of piperidine rings is 1. The third kappa shape index (κ3) is 4.83. The molecule has 2 aromatic heterocycles. The fourth-order valence-corrected chi connectivity index (χ4v) is 4.11. The summed E-state index contributed by atoms with van der Waals surface area (Å²) in [6.07, 6.45) is 5.26. The van der Waals surface area contributed by atoms with E-state index in [0.29, 0.717) is 23.9 Å². The topological polar surface area (TPSA) is 84.7 Å². The second kappa shape index (κ2) is 8.91. The van der Waals surface area contributed by atoms with Crippen molar-refractivity contribution in [3.63, 3.8) is 0 Å². The minimum Gasteiger partial charge on any atom is -0.484 e. The molecular weight excluding hydrogens is 390 g/mol. The summed E-state index contributed by atoms with van der Waals surface area (Å²) in [5, 5.41) is 5.80. The van der Waals surface area contributed by atoms with Crippen LogP contribution < -0.4 is 10.1 Å². The third-order valence-electron chi connectivity index (χ3n) is 4.77. The Hall–Kier alpha value is -3.13. The summed E-state index contributed by atoms with van der Waals surface area (Å²) in [7, 11) is 0. The minimum absolute atomic E-state index is 0.0415. The number of thiazole rings is 1. The van der Waals surface area contributed by atoms with Crippen molar-refractivity contribution in [2.45, 2.75) is 18.8 Å². The van der Waals surface area contributed by atoms with Gasteiger partial charge in [-0.15, -0.1) is 11.3 Å². The van der Waals surface area contributed by atoms with Crippen molar-refractivity contribution in [2.75, 3.05) is 25.0 Å². The standard InChI is InChI=1S/C21H21N3O4S/c25-19(24-9-2-4-15(13-24)21-22-8-11-29-21)14-28-17-6-1-5-16(12-17)23-20(26)18-7-3-10-27-18/h1,3,5-8,10-12,15H,2,4,9,13-14H2,(H,23,26). The maximum absolute atomic E-state index is 12.6. The molecule has 0 radical (unpaired) electrons. The van der Waals surface area contributed by atoms with Crippen molar-refractivity contribution in [1.29, 1.82) is 0 Å². The third-order valence-corrected chi connectivity index (χ3v) is 5.71. The number of rotatable bonds is 6. The second-order valence-electron chi connectivity index (χ2n) is 6.80. The van der Waals surface area contributed by atoms with Crippen LogP contribution in [-0.2, 0) is 4.79 Å². The van der Waals surface area contributed by atoms with Gasteiger partial charge in [0.1, 0.15) is 5.75 Å². The SMILES string of the molecule is O=C(Nc1cccc(OCC(=O)N2CCCC(c3nccs3)C2)c1)c1ccco1. The number of carbonyl (C=O) groups is 2. The molecule has 1 aliphatic rings. The molecule has 0 saturated carbocycles. The molecule has 1 fully saturated rings. The number of amides is 2. The van der Waals surface area contributed by atoms with Gasteiger partial charge in [0.2, 0.25) is 0 Å². The van der Waals surface area contributed by atoms with Gasteiger partial charge in [-0.25, -0.2) is 4.98 Å². The van der Waals surface area contributed by atoms with Crippen LogP contribution in [0.1, 0.15) is 34.3 Å². The zero-order valence-corrected chi connectivity index (χ0v) is 16.6. The first-order valence-electron chi connectivity index (χ1n) is 9.44. The molecule has 0 spiro atoms. The van der Waals surface area contributed by atoms with E-state index < -0.39 is 0 Å². The van der Waals surface area contributed by atoms with Gasteiger partial charge >= 0.3 is 0 Å². The van der Waals surface area contributed by atoms with Gasteiger partial charge in [0, 0.05) is 42.3 Å². The number of hydrogen-bond donors (Lipinski definition) is 1. The number of benzene rings is 1. The highest BCUT2D eigenvalue weighted by atomic mass is 32.1. The van der Waals surface area contributed by atoms with E-state index in [1.807, 2.05) is 16.5 Å². The van der Waals surface area contributed by atoms with Gasteiger partial charge in [0.05, 0.1) is 11.3 Å². The van der Waals surface area contributed by atoms with E-state index >= 15 is 0 Å². The van der Waals surface area contributed by atoms with Gasteiger partial charge in [-0.1, -0.05) is 6.07 Å². The van der Waals surface area contributed by atoms with Gasteiger partial charge in [0.25, 0.3) is 11.8 Å². The lowest BCUT2D eigenvalue weighted by Crippen LogP contribution is -2.41. The Bertz CT molecular complexity index is 956. The molecule has 2 amide bonds. The fourth-order valence-electron chi connectivity index (χ4n) is 3.34. The van der Waals surface area contributed by atoms with Crippen molar-refractivity contribution in [3.8, 4) is 5.75 Å². The smallest absolute Gasteiger partial charge is 0.291 e. The van der Waals surface area contributed by atoms with Crippen LogP contribution in [-0.4, -0.2) is 41.4 Å². The van der Waals surface area contributed by atoms with Crippen LogP contribution in [0.25, 0.3) is 0 Å². The zero-order valence-electron chi connectivity index (χ0n) is 15.7. The molecule has 7 nitrogen and oxygen atoms in total. The van der Waals surface area contributed by atoms with E-state index in [1.54, 1.807) is 47.7 Å². The van der Waals surface area contributed by atoms with Crippen LogP contribution in [0.4, 0.5) is 5.69 Å². The highest BCUT2D eigenvalue weighted by Gasteiger charge is 2.26. The van der Waals surface area contributed by atoms with E-state index in [4.69, 9.17) is 9.15 Å². The molecular formula is C21H21N3O4S. The Morgan fingerprint density at radius 3 is 3.03 bits per heavy atom. The molecule has 0 aliphatic carbocycles. The Balaban J connectivity index is 1.31. The number of aromatic nitrogens is 1. The van der Waals surface area contributed by atoms with E-state index in [0.717, 1.165) is 24.4 Å². The van der Waals surface area contributed by atoms with Crippen LogP contribution in [0, 0.1) is 0 Å². The van der Waals surface area contributed by atoms with Crippen molar-refractivity contribution in [1.82, 2.24) is 9.88 Å². The molecule has 1 unspecified atom stereocenters. The first-order valence-corrected chi connectivity index (χ1v) is 10.3. The summed E-state index contributed by atoms with van der Waals surface area (Å²) >= 11 is 1.64. The molecule has 1 aliphatic heterocycles. The molecule has 150 valence electrons. The largest absolute Gasteiger partial charge is 0.484 e. The quantitative estimate of drug-likeness (QED) is 0.667. The molecule has 3 aromatic rings. The van der Waals surface area contributed by atoms with Gasteiger partial charge in [-0.05, 0) is 37.1 Å². The van der Waals surface area contributed by atoms with Crippen LogP contribution in [0.2, 0.25) is 0 Å². The van der Waals surface area contributed by atoms with E-state index in [-0.39, 0.29) is 24.2 Å². The highest BCUT2D eigenvalue weighted by Crippen LogP contribution is 2.28. The average molecular weight is 411 g/mol. The number of furan rings is 1. The number of ether oxygens (including phenoxy) is 1. The fraction of sp³-hybridized carbons (Fsp3) is 0.286. The van der Waals surface area contributed by atoms with Gasteiger partial charge in [-0.2, -0.15) is 0 Å². The normalized spacial score (nSPS) is 16.4. The lowest BCUT2D eigenvalue weighted by molar-refractivity contribution is -0.134. The summed E-state index contributed by atoms with van der Waals surface area (Å²) in [5.74, 6) is 0.657. The number of hydrogen-bond acceptors (Lipinski definition) is 6. The predicted octanol–water partition coefficient (Wildman–Crippen LogP) is 3.77. The van der Waals surface area contributed by atoms with Crippen molar-refractivity contribution in [3.05, 3.63) is 65.0 Å². The Labute approximate surface area is 172 Å². The first-order chi connectivity index (χ1) is 14.2. The van der Waals surface area contributed by atoms with E-state index in [9.17, 15) is 9.59 Å². The van der Waals surface area contributed by atoms with Crippen LogP contribution in [0.3, 0.4) is 0 Å². The molecule has 3 heterocycles. The van der Waals surface area contributed by atoms with E-state index in [1.165, 1.54) is 6.26 Å². The van der Waals surface area contributed by atoms with Crippen molar-refractivity contribution in [2.24, 2.45) is 0 Å². The number of likely N-dealkylation sites (tertiary alicyclic amines) is 1. The molecule has 4 rings (SSSR count). The molecule has 8 heteroatoms. The summed E-state index contributed by atoms with van der Waals surface area (Å²) in [4.78, 5) is 30.9. The summed E-state index contributed by atoms with van der Waals surface area (Å²) < 4.78 is 10.8. The molecule has 29 heavy (non-hydrogen) atoms. The summed E-state index contributed by atoms with van der Waals surface area (Å²) in [6, 6.07) is 10.2. The first kappa shape index (κ1) is 19.2. The Morgan fingerprint density at radius 2 is 2.24 bits per heavy atom. The molecule has 1 aromatic carbocycles. The molecule has 1 N–H and O–H groups in total. The number of nitrogens with zero attached hydrogens (tertiary/aromatic N) is 2. The average Bonchev–Trinajstić information content (AvgIpc) is 3.47. The summed E-state index contributed by atoms with van der Waals surface area (Å²) in [6.45, 7) is 1.37. The molecule has 1 atom stereocenters. The van der Waals surface area contributed by atoms with Gasteiger partial charge in [0.15, 0.2) is 12.4 Å². The van der Waals surface area contributed by atoms with Crippen molar-refractivity contribution >= 4 is 28.8 Å². The second-order valence-corrected chi connectivity index (χ2v) is 7.72. The van der Waals surface area contributed by atoms with E-state index in [2.05, 4.69) is 10.3 Å². The maximum atomic E-state index is 12.6. The van der Waals surface area contributed by atoms with Crippen LogP contribution >= 0.6 is 11.3 Å². The van der Waals surface area contributed by atoms with Gasteiger partial charge in [-0.3, -0.25) is 9.59 Å². The predicted molar refractivity (Wildman–Crippen MR) is 109 cm³/mol. The molecule has 0 bridgehead atoms. The summed E-state index contributed by atoms with van der Waals surface area (Å²) in [5.41, 5.74) is 0.568. The Kier molecular flexibility index (Phi) is 5.90. The number of anilines is 1. The zero-order chi connectivity index (χ0) is 20.1. The van der Waals surface area contributed by atoms with Crippen molar-refractivity contribution < 1.29 is 18.7 Å². The molecule has 1 saturated heterocycles. The lowest BCUT2D eigenvalue weighted by Gasteiger charge is -2.31. The lowest BCUT2D eigenvalue weighted by atomic mass is 9.99. The van der Waals surface area contributed by atoms with Crippen LogP contribution in [0.15, 0.2) is 58.7 Å². The minimum atomic E-state index is -0.343. The number of carbonyl (C=O) groups excluding carboxylic acids is 2. The maximum Gasteiger partial charge on any atom is 0.291 e. The monoisotopic (exact) mass is 411 g/mol. The Morgan fingerprint density at radius 1 is 1.31 bits per heavy atom. The van der Waals surface area contributed by atoms with Gasteiger partial charge < -0.3 is 19.4 Å². The highest BCUT2D eigenvalue weighted by molar-refractivity contribution is 7.09.